The molecule has 0 saturated heterocycles. The lowest BCUT2D eigenvalue weighted by atomic mass is 10.0. The summed E-state index contributed by atoms with van der Waals surface area (Å²) in [4.78, 5) is 0. The Bertz CT molecular complexity index is 316. The predicted molar refractivity (Wildman–Crippen MR) is 62.5 cm³/mol. The van der Waals surface area contributed by atoms with Crippen LogP contribution in [0.3, 0.4) is 0 Å². The van der Waals surface area contributed by atoms with Crippen molar-refractivity contribution < 1.29 is 9.47 Å². The SMILES string of the molecule is [CH2]C(C)c1cccc(OC(C)C)c1OC. The summed E-state index contributed by atoms with van der Waals surface area (Å²) in [6.07, 6.45) is 0.147. The molecule has 0 fully saturated rings. The minimum atomic E-state index is 0.147. The van der Waals surface area contributed by atoms with Gasteiger partial charge in [0.25, 0.3) is 0 Å². The Morgan fingerprint density at radius 2 is 1.87 bits per heavy atom. The number of methoxy groups -OCH3 is 1. The first-order chi connectivity index (χ1) is 7.06. The Morgan fingerprint density at radius 3 is 2.33 bits per heavy atom. The van der Waals surface area contributed by atoms with Gasteiger partial charge in [-0.3, -0.25) is 0 Å². The first-order valence-electron chi connectivity index (χ1n) is 5.23. The molecule has 1 aromatic rings. The summed E-state index contributed by atoms with van der Waals surface area (Å²) >= 11 is 0. The smallest absolute Gasteiger partial charge is 0.164 e. The van der Waals surface area contributed by atoms with Gasteiger partial charge in [0.1, 0.15) is 0 Å². The van der Waals surface area contributed by atoms with E-state index in [4.69, 9.17) is 9.47 Å². The summed E-state index contributed by atoms with van der Waals surface area (Å²) < 4.78 is 11.0. The Morgan fingerprint density at radius 1 is 1.20 bits per heavy atom. The van der Waals surface area contributed by atoms with Crippen molar-refractivity contribution in [2.24, 2.45) is 0 Å². The fourth-order valence-electron chi connectivity index (χ4n) is 1.49. The van der Waals surface area contributed by atoms with Gasteiger partial charge in [0.2, 0.25) is 0 Å². The quantitative estimate of drug-likeness (QED) is 0.753. The topological polar surface area (TPSA) is 18.5 Å². The van der Waals surface area contributed by atoms with Crippen LogP contribution in [0.1, 0.15) is 32.3 Å². The number of hydrogen-bond donors (Lipinski definition) is 0. The van der Waals surface area contributed by atoms with Gasteiger partial charge >= 0.3 is 0 Å². The minimum Gasteiger partial charge on any atom is -0.493 e. The normalized spacial score (nSPS) is 10.9. The molecule has 1 unspecified atom stereocenters. The van der Waals surface area contributed by atoms with Crippen molar-refractivity contribution in [2.45, 2.75) is 32.8 Å². The lowest BCUT2D eigenvalue weighted by molar-refractivity contribution is 0.229. The highest BCUT2D eigenvalue weighted by Crippen LogP contribution is 2.35. The molecule has 15 heavy (non-hydrogen) atoms. The molecule has 0 aliphatic carbocycles. The third kappa shape index (κ3) is 2.88. The van der Waals surface area contributed by atoms with Crippen LogP contribution in [0.5, 0.6) is 11.5 Å². The summed E-state index contributed by atoms with van der Waals surface area (Å²) in [5.41, 5.74) is 1.08. The van der Waals surface area contributed by atoms with Crippen molar-refractivity contribution in [1.82, 2.24) is 0 Å². The Labute approximate surface area is 92.2 Å². The van der Waals surface area contributed by atoms with Crippen molar-refractivity contribution in [2.75, 3.05) is 7.11 Å². The fourth-order valence-corrected chi connectivity index (χ4v) is 1.49. The Hall–Kier alpha value is -1.18. The van der Waals surface area contributed by atoms with Gasteiger partial charge in [0.05, 0.1) is 13.2 Å². The monoisotopic (exact) mass is 207 g/mol. The number of benzene rings is 1. The van der Waals surface area contributed by atoms with Crippen LogP contribution in [0.4, 0.5) is 0 Å². The largest absolute Gasteiger partial charge is 0.493 e. The van der Waals surface area contributed by atoms with Crippen LogP contribution in [0.2, 0.25) is 0 Å². The van der Waals surface area contributed by atoms with Crippen LogP contribution < -0.4 is 9.47 Å². The standard InChI is InChI=1S/C13H19O2/c1-9(2)11-7-6-8-12(13(11)14-5)15-10(3)4/h6-10H,1H2,2-5H3. The zero-order valence-electron chi connectivity index (χ0n) is 9.91. The molecule has 0 bridgehead atoms. The van der Waals surface area contributed by atoms with Crippen molar-refractivity contribution in [3.05, 3.63) is 30.7 Å². The van der Waals surface area contributed by atoms with Gasteiger partial charge in [0, 0.05) is 5.56 Å². The highest BCUT2D eigenvalue weighted by Gasteiger charge is 2.13. The van der Waals surface area contributed by atoms with E-state index in [1.165, 1.54) is 0 Å². The Balaban J connectivity index is 3.10. The van der Waals surface area contributed by atoms with Gasteiger partial charge < -0.3 is 9.47 Å². The van der Waals surface area contributed by atoms with Crippen molar-refractivity contribution in [3.8, 4) is 11.5 Å². The van der Waals surface area contributed by atoms with Gasteiger partial charge in [-0.25, -0.2) is 0 Å². The van der Waals surface area contributed by atoms with Crippen LogP contribution in [-0.4, -0.2) is 13.2 Å². The summed E-state index contributed by atoms with van der Waals surface area (Å²) in [5, 5.41) is 0. The second-order valence-electron chi connectivity index (χ2n) is 3.95. The molecule has 0 amide bonds. The molecule has 2 nitrogen and oxygen atoms in total. The molecule has 0 heterocycles. The highest BCUT2D eigenvalue weighted by molar-refractivity contribution is 5.48. The van der Waals surface area contributed by atoms with Crippen molar-refractivity contribution >= 4 is 0 Å². The molecule has 0 aliphatic heterocycles. The summed E-state index contributed by atoms with van der Waals surface area (Å²) in [7, 11) is 1.66. The van der Waals surface area contributed by atoms with E-state index >= 15 is 0 Å². The maximum atomic E-state index is 5.67. The molecule has 1 aromatic carbocycles. The zero-order chi connectivity index (χ0) is 11.4. The summed E-state index contributed by atoms with van der Waals surface area (Å²) in [6.45, 7) is 10.0. The highest BCUT2D eigenvalue weighted by atomic mass is 16.5. The number of para-hydroxylation sites is 1. The number of hydrogen-bond acceptors (Lipinski definition) is 2. The molecule has 2 heteroatoms. The van der Waals surface area contributed by atoms with E-state index in [0.717, 1.165) is 17.1 Å². The lowest BCUT2D eigenvalue weighted by Crippen LogP contribution is -2.07. The van der Waals surface area contributed by atoms with E-state index in [1.54, 1.807) is 7.11 Å². The van der Waals surface area contributed by atoms with Crippen LogP contribution in [0.15, 0.2) is 18.2 Å². The van der Waals surface area contributed by atoms with E-state index in [-0.39, 0.29) is 12.0 Å². The number of ether oxygens (including phenoxy) is 2. The summed E-state index contributed by atoms with van der Waals surface area (Å²) in [5.74, 6) is 1.78. The molecular formula is C13H19O2. The molecule has 1 radical (unpaired) electrons. The molecule has 1 rings (SSSR count). The second-order valence-corrected chi connectivity index (χ2v) is 3.95. The molecule has 0 saturated carbocycles. The van der Waals surface area contributed by atoms with Gasteiger partial charge in [-0.15, -0.1) is 0 Å². The van der Waals surface area contributed by atoms with Crippen molar-refractivity contribution in [3.63, 3.8) is 0 Å². The lowest BCUT2D eigenvalue weighted by Gasteiger charge is -2.17. The second kappa shape index (κ2) is 5.06. The maximum absolute atomic E-state index is 5.67. The van der Waals surface area contributed by atoms with Gasteiger partial charge in [-0.1, -0.05) is 19.1 Å². The minimum absolute atomic E-state index is 0.147. The molecule has 0 aliphatic rings. The third-order valence-electron chi connectivity index (χ3n) is 2.11. The molecule has 83 valence electrons. The third-order valence-corrected chi connectivity index (χ3v) is 2.11. The molecule has 0 N–H and O–H groups in total. The van der Waals surface area contributed by atoms with E-state index < -0.39 is 0 Å². The van der Waals surface area contributed by atoms with Gasteiger partial charge in [0.15, 0.2) is 11.5 Å². The first-order valence-corrected chi connectivity index (χ1v) is 5.23. The van der Waals surface area contributed by atoms with E-state index in [2.05, 4.69) is 6.92 Å². The van der Waals surface area contributed by atoms with E-state index in [1.807, 2.05) is 39.0 Å². The van der Waals surface area contributed by atoms with Crippen LogP contribution in [-0.2, 0) is 0 Å². The fraction of sp³-hybridized carbons (Fsp3) is 0.462. The first kappa shape index (κ1) is 11.9. The summed E-state index contributed by atoms with van der Waals surface area (Å²) in [6, 6.07) is 5.91. The predicted octanol–water partition coefficient (Wildman–Crippen LogP) is 3.42. The van der Waals surface area contributed by atoms with Gasteiger partial charge in [-0.05, 0) is 32.8 Å². The van der Waals surface area contributed by atoms with Gasteiger partial charge in [-0.2, -0.15) is 0 Å². The van der Waals surface area contributed by atoms with Crippen LogP contribution in [0, 0.1) is 6.92 Å². The average molecular weight is 207 g/mol. The van der Waals surface area contributed by atoms with E-state index in [9.17, 15) is 0 Å². The van der Waals surface area contributed by atoms with Crippen LogP contribution in [0.25, 0.3) is 0 Å². The van der Waals surface area contributed by atoms with E-state index in [0.29, 0.717) is 0 Å². The number of rotatable bonds is 4. The molecular weight excluding hydrogens is 188 g/mol. The molecule has 0 aromatic heterocycles. The molecule has 0 spiro atoms. The van der Waals surface area contributed by atoms with Crippen molar-refractivity contribution in [1.29, 1.82) is 0 Å². The average Bonchev–Trinajstić information content (AvgIpc) is 2.16. The molecule has 1 atom stereocenters. The Kier molecular flexibility index (Phi) is 4.01. The maximum Gasteiger partial charge on any atom is 0.164 e. The zero-order valence-corrected chi connectivity index (χ0v) is 9.91. The van der Waals surface area contributed by atoms with Crippen LogP contribution >= 0.6 is 0 Å².